The summed E-state index contributed by atoms with van der Waals surface area (Å²) in [5, 5.41) is 20.2. The van der Waals surface area contributed by atoms with Gasteiger partial charge in [-0.25, -0.2) is 0 Å². The Morgan fingerprint density at radius 2 is 1.17 bits per heavy atom. The highest BCUT2D eigenvalue weighted by molar-refractivity contribution is 4.88. The Labute approximate surface area is 107 Å². The van der Waals surface area contributed by atoms with Crippen LogP contribution in [0.2, 0.25) is 0 Å². The van der Waals surface area contributed by atoms with Crippen molar-refractivity contribution in [3.05, 3.63) is 0 Å². The molecular weight excluding hydrogens is 240 g/mol. The number of hydrogen-bond donors (Lipinski definition) is 2. The minimum atomic E-state index is -1.06. The Kier molecular flexibility index (Phi) is 3.70. The van der Waals surface area contributed by atoms with Crippen molar-refractivity contribution in [1.29, 1.82) is 0 Å². The Balaban J connectivity index is 1.92. The van der Waals surface area contributed by atoms with Crippen LogP contribution in [-0.4, -0.2) is 59.4 Å². The third-order valence-corrected chi connectivity index (χ3v) is 3.17. The minimum absolute atomic E-state index is 0.252. The summed E-state index contributed by atoms with van der Waals surface area (Å²) in [6, 6.07) is 0. The maximum Gasteiger partial charge on any atom is 0.163 e. The van der Waals surface area contributed by atoms with Gasteiger partial charge >= 0.3 is 0 Å². The van der Waals surface area contributed by atoms with E-state index in [2.05, 4.69) is 0 Å². The second kappa shape index (κ2) is 4.70. The van der Waals surface area contributed by atoms with Crippen molar-refractivity contribution >= 4 is 0 Å². The molecule has 4 atom stereocenters. The standard InChI is InChI=1S/C12H22O6/c1-11(2)15-5-7(17-11)9(13)10(14)8-6-16-12(3,4)18-8/h7-10,13-14H,5-6H2,1-4H3/t7?,8?,9-,10+. The predicted molar refractivity (Wildman–Crippen MR) is 61.8 cm³/mol. The van der Waals surface area contributed by atoms with Crippen molar-refractivity contribution < 1.29 is 29.2 Å². The number of aliphatic hydroxyl groups is 2. The van der Waals surface area contributed by atoms with Crippen LogP contribution in [0.25, 0.3) is 0 Å². The fourth-order valence-electron chi connectivity index (χ4n) is 2.21. The van der Waals surface area contributed by atoms with E-state index in [0.29, 0.717) is 0 Å². The van der Waals surface area contributed by atoms with Gasteiger partial charge in [0.15, 0.2) is 11.6 Å². The SMILES string of the molecule is CC1(C)OCC([C@@H](O)[C@@H](O)C2COC(C)(C)O2)O1. The second-order valence-electron chi connectivity index (χ2n) is 5.72. The summed E-state index contributed by atoms with van der Waals surface area (Å²) in [5.41, 5.74) is 0. The molecule has 2 saturated heterocycles. The molecule has 0 aromatic rings. The van der Waals surface area contributed by atoms with E-state index < -0.39 is 36.0 Å². The zero-order valence-corrected chi connectivity index (χ0v) is 11.3. The lowest BCUT2D eigenvalue weighted by Gasteiger charge is -2.27. The van der Waals surface area contributed by atoms with Crippen LogP contribution in [0.1, 0.15) is 27.7 Å². The van der Waals surface area contributed by atoms with E-state index in [9.17, 15) is 10.2 Å². The van der Waals surface area contributed by atoms with Gasteiger partial charge in [0.05, 0.1) is 13.2 Å². The molecule has 106 valence electrons. The molecule has 2 unspecified atom stereocenters. The fourth-order valence-corrected chi connectivity index (χ4v) is 2.21. The van der Waals surface area contributed by atoms with Gasteiger partial charge in [-0.3, -0.25) is 0 Å². The predicted octanol–water partition coefficient (Wildman–Crippen LogP) is 0.0112. The first-order valence-corrected chi connectivity index (χ1v) is 6.20. The first kappa shape index (κ1) is 14.2. The maximum absolute atomic E-state index is 10.1. The fraction of sp³-hybridized carbons (Fsp3) is 1.00. The first-order valence-electron chi connectivity index (χ1n) is 6.20. The molecule has 6 heteroatoms. The zero-order valence-electron chi connectivity index (χ0n) is 11.3. The van der Waals surface area contributed by atoms with Gasteiger partial charge in [-0.1, -0.05) is 0 Å². The molecule has 2 fully saturated rings. The van der Waals surface area contributed by atoms with Crippen LogP contribution < -0.4 is 0 Å². The highest BCUT2D eigenvalue weighted by Gasteiger charge is 2.45. The molecule has 18 heavy (non-hydrogen) atoms. The molecule has 0 radical (unpaired) electrons. The highest BCUT2D eigenvalue weighted by atomic mass is 16.8. The molecular formula is C12H22O6. The largest absolute Gasteiger partial charge is 0.387 e. The third-order valence-electron chi connectivity index (χ3n) is 3.17. The monoisotopic (exact) mass is 262 g/mol. The molecule has 2 rings (SSSR count). The third kappa shape index (κ3) is 3.01. The van der Waals surface area contributed by atoms with Gasteiger partial charge in [0, 0.05) is 0 Å². The molecule has 2 aliphatic rings. The summed E-state index contributed by atoms with van der Waals surface area (Å²) in [7, 11) is 0. The Morgan fingerprint density at radius 3 is 1.39 bits per heavy atom. The molecule has 0 aromatic heterocycles. The number of ether oxygens (including phenoxy) is 4. The Morgan fingerprint density at radius 1 is 0.833 bits per heavy atom. The first-order chi connectivity index (χ1) is 8.20. The van der Waals surface area contributed by atoms with Gasteiger partial charge in [-0.15, -0.1) is 0 Å². The summed E-state index contributed by atoms with van der Waals surface area (Å²) in [6.45, 7) is 7.58. The molecule has 2 aliphatic heterocycles. The molecule has 0 saturated carbocycles. The van der Waals surface area contributed by atoms with Crippen molar-refractivity contribution in [3.8, 4) is 0 Å². The zero-order chi connectivity index (χ0) is 13.6. The molecule has 2 heterocycles. The lowest BCUT2D eigenvalue weighted by Crippen LogP contribution is -2.47. The van der Waals surface area contributed by atoms with Crippen molar-refractivity contribution in [2.75, 3.05) is 13.2 Å². The average molecular weight is 262 g/mol. The summed E-state index contributed by atoms with van der Waals surface area (Å²) < 4.78 is 21.8. The van der Waals surface area contributed by atoms with Gasteiger partial charge in [-0.05, 0) is 27.7 Å². The smallest absolute Gasteiger partial charge is 0.163 e. The summed E-state index contributed by atoms with van der Waals surface area (Å²) in [5.74, 6) is -1.45. The van der Waals surface area contributed by atoms with Crippen molar-refractivity contribution in [3.63, 3.8) is 0 Å². The molecule has 0 aliphatic carbocycles. The van der Waals surface area contributed by atoms with E-state index in [-0.39, 0.29) is 13.2 Å². The van der Waals surface area contributed by atoms with Crippen LogP contribution in [-0.2, 0) is 18.9 Å². The van der Waals surface area contributed by atoms with Gasteiger partial charge < -0.3 is 29.2 Å². The molecule has 0 spiro atoms. The van der Waals surface area contributed by atoms with Crippen LogP contribution in [0.3, 0.4) is 0 Å². The molecule has 0 amide bonds. The lowest BCUT2D eigenvalue weighted by molar-refractivity contribution is -0.183. The molecule has 2 N–H and O–H groups in total. The summed E-state index contributed by atoms with van der Waals surface area (Å²) >= 11 is 0. The molecule has 0 aromatic carbocycles. The number of rotatable bonds is 3. The van der Waals surface area contributed by atoms with Gasteiger partial charge in [0.2, 0.25) is 0 Å². The number of aliphatic hydroxyl groups excluding tert-OH is 2. The number of hydrogen-bond acceptors (Lipinski definition) is 6. The van der Waals surface area contributed by atoms with Gasteiger partial charge in [0.25, 0.3) is 0 Å². The average Bonchev–Trinajstić information content (AvgIpc) is 2.79. The van der Waals surface area contributed by atoms with Crippen molar-refractivity contribution in [1.82, 2.24) is 0 Å². The van der Waals surface area contributed by atoms with Gasteiger partial charge in [0.1, 0.15) is 24.4 Å². The quantitative estimate of drug-likeness (QED) is 0.746. The van der Waals surface area contributed by atoms with Crippen LogP contribution >= 0.6 is 0 Å². The van der Waals surface area contributed by atoms with Gasteiger partial charge in [-0.2, -0.15) is 0 Å². The van der Waals surface area contributed by atoms with E-state index in [1.54, 1.807) is 27.7 Å². The maximum atomic E-state index is 10.1. The van der Waals surface area contributed by atoms with E-state index in [0.717, 1.165) is 0 Å². The van der Waals surface area contributed by atoms with Crippen LogP contribution in [0.5, 0.6) is 0 Å². The van der Waals surface area contributed by atoms with Crippen LogP contribution in [0, 0.1) is 0 Å². The topological polar surface area (TPSA) is 77.4 Å². The molecule has 0 bridgehead atoms. The lowest BCUT2D eigenvalue weighted by atomic mass is 10.0. The Hall–Kier alpha value is -0.240. The van der Waals surface area contributed by atoms with E-state index in [1.807, 2.05) is 0 Å². The van der Waals surface area contributed by atoms with E-state index >= 15 is 0 Å². The van der Waals surface area contributed by atoms with Crippen molar-refractivity contribution in [2.24, 2.45) is 0 Å². The normalized spacial score (nSPS) is 37.7. The van der Waals surface area contributed by atoms with Crippen LogP contribution in [0.4, 0.5) is 0 Å². The molecule has 6 nitrogen and oxygen atoms in total. The van der Waals surface area contributed by atoms with E-state index in [1.165, 1.54) is 0 Å². The van der Waals surface area contributed by atoms with Crippen LogP contribution in [0.15, 0.2) is 0 Å². The summed E-state index contributed by atoms with van der Waals surface area (Å²) in [4.78, 5) is 0. The highest BCUT2D eigenvalue weighted by Crippen LogP contribution is 2.29. The Bertz CT molecular complexity index is 273. The second-order valence-corrected chi connectivity index (χ2v) is 5.72. The van der Waals surface area contributed by atoms with Crippen molar-refractivity contribution in [2.45, 2.75) is 63.7 Å². The van der Waals surface area contributed by atoms with E-state index in [4.69, 9.17) is 18.9 Å². The minimum Gasteiger partial charge on any atom is -0.387 e. The summed E-state index contributed by atoms with van der Waals surface area (Å²) in [6.07, 6.45) is -3.23.